The van der Waals surface area contributed by atoms with Crippen LogP contribution in [0, 0.1) is 0 Å². The number of aromatic nitrogens is 3. The molecule has 2 heterocycles. The molecule has 1 aliphatic rings. The minimum atomic E-state index is 0.0314. The predicted molar refractivity (Wildman–Crippen MR) is 102 cm³/mol. The molecular weight excluding hydrogens is 398 g/mol. The Morgan fingerprint density at radius 2 is 2.19 bits per heavy atom. The van der Waals surface area contributed by atoms with Crippen molar-refractivity contribution >= 4 is 22.0 Å². The Labute approximate surface area is 162 Å². The minimum Gasteiger partial charge on any atom is -0.385 e. The summed E-state index contributed by atoms with van der Waals surface area (Å²) in [6.45, 7) is 3.24. The first-order valence-electron chi connectivity index (χ1n) is 8.73. The Balaban J connectivity index is 1.63. The van der Waals surface area contributed by atoms with Crippen molar-refractivity contribution in [3.05, 3.63) is 46.0 Å². The summed E-state index contributed by atoms with van der Waals surface area (Å²) in [4.78, 5) is 16.2. The third kappa shape index (κ3) is 4.42. The van der Waals surface area contributed by atoms with Crippen LogP contribution < -0.4 is 0 Å². The van der Waals surface area contributed by atoms with Crippen molar-refractivity contribution < 1.29 is 9.53 Å². The van der Waals surface area contributed by atoms with E-state index in [-0.39, 0.29) is 6.03 Å². The summed E-state index contributed by atoms with van der Waals surface area (Å²) in [7, 11) is 3.50. The number of hydrogen-bond donors (Lipinski definition) is 0. The molecule has 26 heavy (non-hydrogen) atoms. The summed E-state index contributed by atoms with van der Waals surface area (Å²) >= 11 is 3.50. The SMILES string of the molecule is COCCCN(C)C(=O)N1CCn2c(Cc3cccc(Br)c3)nnc2C1. The summed E-state index contributed by atoms with van der Waals surface area (Å²) < 4.78 is 8.24. The van der Waals surface area contributed by atoms with Gasteiger partial charge in [-0.15, -0.1) is 10.2 Å². The maximum absolute atomic E-state index is 12.6. The molecule has 0 N–H and O–H groups in total. The van der Waals surface area contributed by atoms with Crippen molar-refractivity contribution in [2.75, 3.05) is 33.9 Å². The van der Waals surface area contributed by atoms with Gasteiger partial charge in [-0.1, -0.05) is 28.1 Å². The topological polar surface area (TPSA) is 63.5 Å². The Morgan fingerprint density at radius 1 is 1.35 bits per heavy atom. The highest BCUT2D eigenvalue weighted by Crippen LogP contribution is 2.18. The van der Waals surface area contributed by atoms with Gasteiger partial charge in [0.05, 0.1) is 6.54 Å². The van der Waals surface area contributed by atoms with E-state index in [1.54, 1.807) is 12.0 Å². The van der Waals surface area contributed by atoms with E-state index >= 15 is 0 Å². The van der Waals surface area contributed by atoms with Crippen LogP contribution in [0.5, 0.6) is 0 Å². The van der Waals surface area contributed by atoms with Crippen LogP contribution in [-0.2, 0) is 24.2 Å². The van der Waals surface area contributed by atoms with Gasteiger partial charge in [-0.05, 0) is 24.1 Å². The van der Waals surface area contributed by atoms with Crippen molar-refractivity contribution in [3.8, 4) is 0 Å². The number of rotatable bonds is 6. The van der Waals surface area contributed by atoms with Gasteiger partial charge in [-0.3, -0.25) is 0 Å². The number of nitrogens with zero attached hydrogens (tertiary/aromatic N) is 5. The first-order valence-corrected chi connectivity index (χ1v) is 9.52. The lowest BCUT2D eigenvalue weighted by Gasteiger charge is -2.31. The van der Waals surface area contributed by atoms with E-state index in [0.29, 0.717) is 26.2 Å². The largest absolute Gasteiger partial charge is 0.385 e. The Kier molecular flexibility index (Phi) is 6.26. The van der Waals surface area contributed by atoms with E-state index in [1.807, 2.05) is 24.1 Å². The number of methoxy groups -OCH3 is 1. The van der Waals surface area contributed by atoms with Gasteiger partial charge < -0.3 is 19.1 Å². The third-order valence-corrected chi connectivity index (χ3v) is 5.01. The number of hydrogen-bond acceptors (Lipinski definition) is 4. The van der Waals surface area contributed by atoms with E-state index in [0.717, 1.165) is 35.5 Å². The fraction of sp³-hybridized carbons (Fsp3) is 0.500. The zero-order valence-corrected chi connectivity index (χ0v) is 16.8. The smallest absolute Gasteiger partial charge is 0.320 e. The lowest BCUT2D eigenvalue weighted by Crippen LogP contribution is -2.45. The molecule has 7 nitrogen and oxygen atoms in total. The third-order valence-electron chi connectivity index (χ3n) is 4.52. The van der Waals surface area contributed by atoms with Gasteiger partial charge in [-0.25, -0.2) is 4.79 Å². The average molecular weight is 422 g/mol. The molecule has 0 unspecified atom stereocenters. The van der Waals surface area contributed by atoms with Crippen LogP contribution in [0.4, 0.5) is 4.79 Å². The minimum absolute atomic E-state index is 0.0314. The molecule has 2 amide bonds. The lowest BCUT2D eigenvalue weighted by molar-refractivity contribution is 0.139. The molecule has 0 bridgehead atoms. The van der Waals surface area contributed by atoms with Crippen LogP contribution in [0.1, 0.15) is 23.6 Å². The number of carbonyl (C=O) groups is 1. The summed E-state index contributed by atoms with van der Waals surface area (Å²) in [5, 5.41) is 8.66. The van der Waals surface area contributed by atoms with Gasteiger partial charge in [0, 0.05) is 51.3 Å². The average Bonchev–Trinajstić information content (AvgIpc) is 3.03. The van der Waals surface area contributed by atoms with Gasteiger partial charge in [0.1, 0.15) is 5.82 Å². The van der Waals surface area contributed by atoms with Gasteiger partial charge in [0.25, 0.3) is 0 Å². The second-order valence-electron chi connectivity index (χ2n) is 6.46. The lowest BCUT2D eigenvalue weighted by atomic mass is 10.1. The fourth-order valence-corrected chi connectivity index (χ4v) is 3.57. The van der Waals surface area contributed by atoms with Crippen LogP contribution >= 0.6 is 15.9 Å². The Bertz CT molecular complexity index is 764. The summed E-state index contributed by atoms with van der Waals surface area (Å²) in [5.41, 5.74) is 1.19. The maximum atomic E-state index is 12.6. The predicted octanol–water partition coefficient (Wildman–Crippen LogP) is 2.54. The highest BCUT2D eigenvalue weighted by Gasteiger charge is 2.26. The number of halogens is 1. The van der Waals surface area contributed by atoms with Gasteiger partial charge >= 0.3 is 6.03 Å². The summed E-state index contributed by atoms with van der Waals surface area (Å²) in [6, 6.07) is 8.24. The quantitative estimate of drug-likeness (QED) is 0.672. The number of urea groups is 1. The standard InChI is InChI=1S/C18H24BrN5O2/c1-22(7-4-10-26-2)18(25)23-8-9-24-16(20-21-17(24)13-23)12-14-5-3-6-15(19)11-14/h3,5-6,11H,4,7-10,12-13H2,1-2H3. The first-order chi connectivity index (χ1) is 12.6. The second kappa shape index (κ2) is 8.64. The number of fused-ring (bicyclic) bond motifs is 1. The van der Waals surface area contributed by atoms with Gasteiger partial charge in [-0.2, -0.15) is 0 Å². The number of carbonyl (C=O) groups excluding carboxylic acids is 1. The number of benzene rings is 1. The van der Waals surface area contributed by atoms with E-state index in [2.05, 4.69) is 42.8 Å². The van der Waals surface area contributed by atoms with Crippen molar-refractivity contribution in [3.63, 3.8) is 0 Å². The molecule has 3 rings (SSSR count). The molecule has 1 aromatic heterocycles. The molecule has 1 aromatic carbocycles. The van der Waals surface area contributed by atoms with Crippen molar-refractivity contribution in [2.45, 2.75) is 25.9 Å². The normalized spacial score (nSPS) is 13.6. The zero-order chi connectivity index (χ0) is 18.5. The van der Waals surface area contributed by atoms with Crippen LogP contribution in [0.25, 0.3) is 0 Å². The molecule has 0 aliphatic carbocycles. The van der Waals surface area contributed by atoms with Gasteiger partial charge in [0.2, 0.25) is 0 Å². The second-order valence-corrected chi connectivity index (χ2v) is 7.38. The maximum Gasteiger partial charge on any atom is 0.320 e. The van der Waals surface area contributed by atoms with E-state index in [4.69, 9.17) is 4.74 Å². The Hall–Kier alpha value is -1.93. The zero-order valence-electron chi connectivity index (χ0n) is 15.2. The molecule has 140 valence electrons. The molecule has 0 spiro atoms. The summed E-state index contributed by atoms with van der Waals surface area (Å²) in [6.07, 6.45) is 1.57. The van der Waals surface area contributed by atoms with Crippen LogP contribution in [0.2, 0.25) is 0 Å². The van der Waals surface area contributed by atoms with Crippen LogP contribution in [0.15, 0.2) is 28.7 Å². The molecule has 2 aromatic rings. The van der Waals surface area contributed by atoms with Crippen molar-refractivity contribution in [2.24, 2.45) is 0 Å². The molecule has 0 radical (unpaired) electrons. The Morgan fingerprint density at radius 3 is 2.96 bits per heavy atom. The number of amides is 2. The van der Waals surface area contributed by atoms with Crippen molar-refractivity contribution in [1.29, 1.82) is 0 Å². The van der Waals surface area contributed by atoms with E-state index in [1.165, 1.54) is 5.56 Å². The van der Waals surface area contributed by atoms with E-state index in [9.17, 15) is 4.79 Å². The molecular formula is C18H24BrN5O2. The fourth-order valence-electron chi connectivity index (χ4n) is 3.12. The molecule has 0 atom stereocenters. The molecule has 0 fully saturated rings. The van der Waals surface area contributed by atoms with Gasteiger partial charge in [0.15, 0.2) is 5.82 Å². The summed E-state index contributed by atoms with van der Waals surface area (Å²) in [5.74, 6) is 1.79. The van der Waals surface area contributed by atoms with Crippen LogP contribution in [0.3, 0.4) is 0 Å². The first kappa shape index (κ1) is 18.8. The molecule has 8 heteroatoms. The highest BCUT2D eigenvalue weighted by atomic mass is 79.9. The number of ether oxygens (including phenoxy) is 1. The molecule has 1 aliphatic heterocycles. The molecule has 0 saturated carbocycles. The monoisotopic (exact) mass is 421 g/mol. The van der Waals surface area contributed by atoms with Crippen molar-refractivity contribution in [1.82, 2.24) is 24.6 Å². The van der Waals surface area contributed by atoms with Crippen LogP contribution in [-0.4, -0.2) is 64.4 Å². The van der Waals surface area contributed by atoms with E-state index < -0.39 is 0 Å². The highest BCUT2D eigenvalue weighted by molar-refractivity contribution is 9.10. The molecule has 0 saturated heterocycles.